The summed E-state index contributed by atoms with van der Waals surface area (Å²) in [6.07, 6.45) is 3.50. The molecule has 15 nitrogen and oxygen atoms in total. The van der Waals surface area contributed by atoms with Gasteiger partial charge in [-0.2, -0.15) is 0 Å². The van der Waals surface area contributed by atoms with Crippen molar-refractivity contribution in [2.45, 2.75) is 121 Å². The van der Waals surface area contributed by atoms with E-state index in [9.17, 15) is 33.6 Å². The van der Waals surface area contributed by atoms with E-state index >= 15 is 0 Å². The van der Waals surface area contributed by atoms with Crippen molar-refractivity contribution in [3.8, 4) is 0 Å². The van der Waals surface area contributed by atoms with Crippen LogP contribution in [0.5, 0.6) is 0 Å². The van der Waals surface area contributed by atoms with Gasteiger partial charge in [0, 0.05) is 36.5 Å². The molecule has 1 fully saturated rings. The highest BCUT2D eigenvalue weighted by atomic mass is 16.5. The maximum absolute atomic E-state index is 12.8. The van der Waals surface area contributed by atoms with E-state index in [-0.39, 0.29) is 48.6 Å². The quantitative estimate of drug-likeness (QED) is 0.0793. The second-order valence-electron chi connectivity index (χ2n) is 15.9. The third-order valence-electron chi connectivity index (χ3n) is 8.39. The van der Waals surface area contributed by atoms with E-state index in [1.54, 1.807) is 24.3 Å². The molecule has 1 saturated heterocycles. The number of hydrogen-bond donors (Lipinski definition) is 7. The SMILES string of the molecule is CC(C)C1CC(=O)NC1=O.CC(C)CCCNC(=O)OCc1ccc(NC(=O)CNC(=O)C(NC(=O)C(C)(C)CC(C)C)C(C)C)cc1.CCCNC(N)=O. The van der Waals surface area contributed by atoms with Gasteiger partial charge in [0.1, 0.15) is 12.6 Å². The Balaban J connectivity index is 0.00000139. The number of nitrogens with one attached hydrogen (secondary N) is 6. The van der Waals surface area contributed by atoms with Gasteiger partial charge in [0.05, 0.1) is 6.54 Å². The van der Waals surface area contributed by atoms with Gasteiger partial charge in [-0.05, 0) is 67.1 Å². The molecule has 0 saturated carbocycles. The second-order valence-corrected chi connectivity index (χ2v) is 15.9. The van der Waals surface area contributed by atoms with Gasteiger partial charge in [0.15, 0.2) is 0 Å². The molecule has 2 unspecified atom stereocenters. The minimum Gasteiger partial charge on any atom is -0.445 e. The van der Waals surface area contributed by atoms with Crippen molar-refractivity contribution in [2.24, 2.45) is 40.7 Å². The number of carbonyl (C=O) groups excluding carboxylic acids is 7. The Morgan fingerprint density at radius 2 is 1.51 bits per heavy atom. The number of anilines is 1. The van der Waals surface area contributed by atoms with Crippen LogP contribution in [0.2, 0.25) is 0 Å². The van der Waals surface area contributed by atoms with Crippen molar-refractivity contribution >= 4 is 47.3 Å². The summed E-state index contributed by atoms with van der Waals surface area (Å²) < 4.78 is 5.21. The van der Waals surface area contributed by atoms with E-state index in [1.807, 2.05) is 48.5 Å². The van der Waals surface area contributed by atoms with Gasteiger partial charge in [-0.15, -0.1) is 0 Å². The van der Waals surface area contributed by atoms with Gasteiger partial charge in [0.2, 0.25) is 29.5 Å². The van der Waals surface area contributed by atoms with Crippen molar-refractivity contribution in [1.82, 2.24) is 26.6 Å². The summed E-state index contributed by atoms with van der Waals surface area (Å²) in [6, 6.07) is 5.72. The molecule has 0 spiro atoms. The Hall–Kier alpha value is -4.69. The molecule has 15 heteroatoms. The standard InChI is InChI=1S/C29H48N4O5.C7H11NO2.C4H10N2O/c1-19(2)10-9-15-30-28(37)38-18-22-11-13-23(14-12-22)32-24(34)17-31-26(35)25(21(5)6)33-27(36)29(7,8)16-20(3)4;1-4(2)5-3-6(9)8-7(5)10;1-2-3-6-4(5)7/h11-14,19-21,25H,9-10,15-18H2,1-8H3,(H,30,37)(H,31,35)(H,32,34)(H,33,36);4-5H,3H2,1-2H3,(H,8,9,10);2-3H2,1H3,(H3,5,6,7). The Kier molecular flexibility index (Phi) is 23.9. The first-order chi connectivity index (χ1) is 25.6. The third kappa shape index (κ3) is 23.0. The first-order valence-corrected chi connectivity index (χ1v) is 19.3. The van der Waals surface area contributed by atoms with Crippen LogP contribution in [0.15, 0.2) is 24.3 Å². The predicted octanol–water partition coefficient (Wildman–Crippen LogP) is 4.99. The predicted molar refractivity (Wildman–Crippen MR) is 214 cm³/mol. The molecule has 8 N–H and O–H groups in total. The van der Waals surface area contributed by atoms with Crippen LogP contribution in [0.4, 0.5) is 15.3 Å². The van der Waals surface area contributed by atoms with Crippen LogP contribution in [-0.4, -0.2) is 67.3 Å². The molecule has 0 bridgehead atoms. The zero-order chi connectivity index (χ0) is 42.3. The molecule has 312 valence electrons. The van der Waals surface area contributed by atoms with Crippen LogP contribution in [0.25, 0.3) is 0 Å². The molecule has 8 amide bonds. The van der Waals surface area contributed by atoms with Gasteiger partial charge < -0.3 is 37.1 Å². The molecule has 1 aromatic rings. The smallest absolute Gasteiger partial charge is 0.407 e. The number of benzene rings is 1. The topological polar surface area (TPSA) is 227 Å². The zero-order valence-corrected chi connectivity index (χ0v) is 35.0. The van der Waals surface area contributed by atoms with Crippen LogP contribution in [0.3, 0.4) is 0 Å². The maximum atomic E-state index is 12.8. The number of imide groups is 1. The van der Waals surface area contributed by atoms with Gasteiger partial charge in [-0.25, -0.2) is 9.59 Å². The summed E-state index contributed by atoms with van der Waals surface area (Å²) >= 11 is 0. The highest BCUT2D eigenvalue weighted by Crippen LogP contribution is 2.26. The van der Waals surface area contributed by atoms with Crippen molar-refractivity contribution in [3.63, 3.8) is 0 Å². The van der Waals surface area contributed by atoms with Crippen LogP contribution >= 0.6 is 0 Å². The summed E-state index contributed by atoms with van der Waals surface area (Å²) in [5, 5.41) is 15.6. The Bertz CT molecular complexity index is 1380. The lowest BCUT2D eigenvalue weighted by atomic mass is 9.82. The third-order valence-corrected chi connectivity index (χ3v) is 8.39. The van der Waals surface area contributed by atoms with Crippen molar-refractivity contribution < 1.29 is 38.3 Å². The molecule has 1 aliphatic heterocycles. The number of nitrogens with two attached hydrogens (primary N) is 1. The lowest BCUT2D eigenvalue weighted by Crippen LogP contribution is -2.53. The number of urea groups is 1. The number of hydrogen-bond acceptors (Lipinski definition) is 8. The average Bonchev–Trinajstić information content (AvgIpc) is 3.44. The molecule has 1 aromatic carbocycles. The zero-order valence-electron chi connectivity index (χ0n) is 35.0. The second kappa shape index (κ2) is 26.2. The van der Waals surface area contributed by atoms with Gasteiger partial charge in [0.25, 0.3) is 0 Å². The van der Waals surface area contributed by atoms with Crippen LogP contribution in [0.1, 0.15) is 114 Å². The molecule has 1 aliphatic rings. The Labute approximate surface area is 328 Å². The number of amides is 8. The average molecular weight is 776 g/mol. The number of carbonyl (C=O) groups is 7. The molecule has 0 aliphatic carbocycles. The fraction of sp³-hybridized carbons (Fsp3) is 0.675. The van der Waals surface area contributed by atoms with E-state index in [2.05, 4.69) is 59.6 Å². The van der Waals surface area contributed by atoms with Crippen molar-refractivity contribution in [3.05, 3.63) is 29.8 Å². The number of ether oxygens (including phenoxy) is 1. The lowest BCUT2D eigenvalue weighted by Gasteiger charge is -2.29. The van der Waals surface area contributed by atoms with Crippen LogP contribution in [-0.2, 0) is 35.3 Å². The van der Waals surface area contributed by atoms with Gasteiger partial charge in [-0.3, -0.25) is 29.3 Å². The molecule has 0 aromatic heterocycles. The fourth-order valence-electron chi connectivity index (χ4n) is 5.41. The largest absolute Gasteiger partial charge is 0.445 e. The minimum absolute atomic E-state index is 0.0903. The van der Waals surface area contributed by atoms with Crippen molar-refractivity contribution in [2.75, 3.05) is 25.0 Å². The van der Waals surface area contributed by atoms with E-state index < -0.39 is 35.4 Å². The first kappa shape index (κ1) is 50.3. The number of primary amides is 1. The fourth-order valence-corrected chi connectivity index (χ4v) is 5.41. The van der Waals surface area contributed by atoms with Crippen LogP contribution in [0, 0.1) is 35.0 Å². The summed E-state index contributed by atoms with van der Waals surface area (Å²) in [5.41, 5.74) is 5.46. The maximum Gasteiger partial charge on any atom is 0.407 e. The molecule has 2 rings (SSSR count). The number of rotatable bonds is 18. The normalized spacial score (nSPS) is 14.2. The van der Waals surface area contributed by atoms with E-state index in [0.29, 0.717) is 43.5 Å². The van der Waals surface area contributed by atoms with Crippen molar-refractivity contribution in [1.29, 1.82) is 0 Å². The molecular weight excluding hydrogens is 706 g/mol. The molecule has 2 atom stereocenters. The molecular formula is C40H69N7O8. The first-order valence-electron chi connectivity index (χ1n) is 19.3. The summed E-state index contributed by atoms with van der Waals surface area (Å²) in [5.74, 6) is -0.249. The molecule has 55 heavy (non-hydrogen) atoms. The summed E-state index contributed by atoms with van der Waals surface area (Å²) in [6.45, 7) is 22.8. The number of alkyl carbamates (subject to hydrolysis) is 1. The molecule has 0 radical (unpaired) electrons. The molecule has 1 heterocycles. The summed E-state index contributed by atoms with van der Waals surface area (Å²) in [4.78, 5) is 81.1. The van der Waals surface area contributed by atoms with E-state index in [0.717, 1.165) is 24.8 Å². The monoisotopic (exact) mass is 776 g/mol. The highest BCUT2D eigenvalue weighted by Gasteiger charge is 2.34. The highest BCUT2D eigenvalue weighted by molar-refractivity contribution is 6.03. The van der Waals surface area contributed by atoms with Gasteiger partial charge >= 0.3 is 12.1 Å². The Morgan fingerprint density at radius 1 is 0.891 bits per heavy atom. The van der Waals surface area contributed by atoms with Gasteiger partial charge in [-0.1, -0.05) is 88.3 Å². The van der Waals surface area contributed by atoms with E-state index in [4.69, 9.17) is 10.5 Å². The minimum atomic E-state index is -0.742. The van der Waals surface area contributed by atoms with Crippen LogP contribution < -0.4 is 37.6 Å². The lowest BCUT2D eigenvalue weighted by molar-refractivity contribution is -0.135. The van der Waals surface area contributed by atoms with E-state index in [1.165, 1.54) is 0 Å². The Morgan fingerprint density at radius 3 is 1.95 bits per heavy atom. The summed E-state index contributed by atoms with van der Waals surface area (Å²) in [7, 11) is 0.